The van der Waals surface area contributed by atoms with Crippen LogP contribution >= 0.6 is 27.3 Å². The summed E-state index contributed by atoms with van der Waals surface area (Å²) in [5, 5.41) is 3.63. The smallest absolute Gasteiger partial charge is 0.0600 e. The Bertz CT molecular complexity index is 786. The molecule has 3 aromatic rings. The quantitative estimate of drug-likeness (QED) is 0.274. The largest absolute Gasteiger partial charge is 0.340 e. The molecule has 0 aliphatic heterocycles. The number of aromatic nitrogens is 1. The molecule has 3 heteroatoms. The molecular formula is C22H30BrNS. The lowest BCUT2D eigenvalue weighted by molar-refractivity contribution is 0.541. The van der Waals surface area contributed by atoms with Gasteiger partial charge in [-0.3, -0.25) is 0 Å². The first-order valence-electron chi connectivity index (χ1n) is 9.96. The van der Waals surface area contributed by atoms with E-state index < -0.39 is 0 Å². The third-order valence-corrected chi connectivity index (χ3v) is 6.60. The van der Waals surface area contributed by atoms with Crippen LogP contribution in [0.25, 0.3) is 21.1 Å². The maximum absolute atomic E-state index is 3.63. The van der Waals surface area contributed by atoms with E-state index in [2.05, 4.69) is 57.1 Å². The van der Waals surface area contributed by atoms with Gasteiger partial charge in [-0.25, -0.2) is 0 Å². The fourth-order valence-electron chi connectivity index (χ4n) is 3.76. The van der Waals surface area contributed by atoms with Gasteiger partial charge < -0.3 is 4.57 Å². The van der Waals surface area contributed by atoms with Crippen LogP contribution < -0.4 is 0 Å². The standard InChI is InChI=1S/C22H30BrNS/c1-2-3-4-5-6-7-8-9-10-11-15-24-20-14-16-25-22(20)19-13-12-18(23)17-21(19)24/h12-14,16-17H,2-11,15H2,1H3. The van der Waals surface area contributed by atoms with Crippen molar-refractivity contribution in [2.75, 3.05) is 0 Å². The number of rotatable bonds is 11. The number of thiophene rings is 1. The van der Waals surface area contributed by atoms with Crippen LogP contribution in [-0.4, -0.2) is 4.57 Å². The van der Waals surface area contributed by atoms with Gasteiger partial charge in [0, 0.05) is 16.4 Å². The van der Waals surface area contributed by atoms with E-state index in [4.69, 9.17) is 0 Å². The lowest BCUT2D eigenvalue weighted by Gasteiger charge is -2.07. The Labute approximate surface area is 164 Å². The van der Waals surface area contributed by atoms with E-state index in [9.17, 15) is 0 Å². The average molecular weight is 420 g/mol. The minimum atomic E-state index is 1.14. The first-order valence-corrected chi connectivity index (χ1v) is 11.6. The van der Waals surface area contributed by atoms with Gasteiger partial charge in [-0.15, -0.1) is 11.3 Å². The van der Waals surface area contributed by atoms with Crippen LogP contribution in [0.3, 0.4) is 0 Å². The normalized spacial score (nSPS) is 11.8. The molecule has 0 aliphatic carbocycles. The third kappa shape index (κ3) is 4.89. The monoisotopic (exact) mass is 419 g/mol. The highest BCUT2D eigenvalue weighted by Gasteiger charge is 2.11. The predicted molar refractivity (Wildman–Crippen MR) is 117 cm³/mol. The van der Waals surface area contributed by atoms with Gasteiger partial charge in [-0.05, 0) is 30.0 Å². The van der Waals surface area contributed by atoms with Crippen molar-refractivity contribution in [3.8, 4) is 0 Å². The molecule has 25 heavy (non-hydrogen) atoms. The molecule has 0 spiro atoms. The maximum atomic E-state index is 3.63. The molecule has 0 fully saturated rings. The first kappa shape index (κ1) is 19.0. The summed E-state index contributed by atoms with van der Waals surface area (Å²) in [6.45, 7) is 3.43. The van der Waals surface area contributed by atoms with Crippen molar-refractivity contribution in [1.29, 1.82) is 0 Å². The average Bonchev–Trinajstić information content (AvgIpc) is 3.18. The van der Waals surface area contributed by atoms with Crippen LogP contribution in [0.4, 0.5) is 0 Å². The highest BCUT2D eigenvalue weighted by atomic mass is 79.9. The molecule has 2 aromatic heterocycles. The molecule has 0 aliphatic rings. The predicted octanol–water partition coefficient (Wildman–Crippen LogP) is 8.54. The van der Waals surface area contributed by atoms with Crippen LogP contribution in [0.2, 0.25) is 0 Å². The minimum absolute atomic E-state index is 1.14. The van der Waals surface area contributed by atoms with Gasteiger partial charge >= 0.3 is 0 Å². The number of benzene rings is 1. The zero-order valence-corrected chi connectivity index (χ0v) is 17.8. The summed E-state index contributed by atoms with van der Waals surface area (Å²) in [6, 6.07) is 8.97. The number of fused-ring (bicyclic) bond motifs is 3. The van der Waals surface area contributed by atoms with Crippen molar-refractivity contribution in [1.82, 2.24) is 4.57 Å². The van der Waals surface area contributed by atoms with E-state index in [1.54, 1.807) is 0 Å². The van der Waals surface area contributed by atoms with Crippen molar-refractivity contribution in [2.24, 2.45) is 0 Å². The number of hydrogen-bond acceptors (Lipinski definition) is 1. The molecular weight excluding hydrogens is 390 g/mol. The summed E-state index contributed by atoms with van der Waals surface area (Å²) < 4.78 is 5.14. The van der Waals surface area contributed by atoms with Crippen molar-refractivity contribution < 1.29 is 0 Å². The van der Waals surface area contributed by atoms with Crippen LogP contribution in [-0.2, 0) is 6.54 Å². The molecule has 0 bridgehead atoms. The highest BCUT2D eigenvalue weighted by molar-refractivity contribution is 9.10. The Morgan fingerprint density at radius 2 is 1.52 bits per heavy atom. The Morgan fingerprint density at radius 3 is 2.24 bits per heavy atom. The Hall–Kier alpha value is -0.800. The summed E-state index contributed by atoms with van der Waals surface area (Å²) in [5.41, 5.74) is 2.79. The van der Waals surface area contributed by atoms with Gasteiger partial charge in [0.15, 0.2) is 0 Å². The van der Waals surface area contributed by atoms with Crippen molar-refractivity contribution in [2.45, 2.75) is 77.7 Å². The van der Waals surface area contributed by atoms with Crippen molar-refractivity contribution in [3.63, 3.8) is 0 Å². The van der Waals surface area contributed by atoms with E-state index in [-0.39, 0.29) is 0 Å². The van der Waals surface area contributed by atoms with E-state index in [0.717, 1.165) is 6.54 Å². The van der Waals surface area contributed by atoms with Crippen LogP contribution in [0.5, 0.6) is 0 Å². The van der Waals surface area contributed by atoms with Gasteiger partial charge in [0.05, 0.1) is 15.7 Å². The highest BCUT2D eigenvalue weighted by Crippen LogP contribution is 2.34. The fourth-order valence-corrected chi connectivity index (χ4v) is 5.05. The van der Waals surface area contributed by atoms with E-state index in [1.165, 1.54) is 89.8 Å². The maximum Gasteiger partial charge on any atom is 0.0600 e. The molecule has 0 saturated heterocycles. The molecule has 0 radical (unpaired) electrons. The molecule has 1 aromatic carbocycles. The lowest BCUT2D eigenvalue weighted by atomic mass is 10.1. The molecule has 3 rings (SSSR count). The SMILES string of the molecule is CCCCCCCCCCCCn1c2cc(Br)ccc2c2sccc21. The Morgan fingerprint density at radius 1 is 0.840 bits per heavy atom. The fraction of sp³-hybridized carbons (Fsp3) is 0.545. The summed E-state index contributed by atoms with van der Waals surface area (Å²) in [4.78, 5) is 0. The van der Waals surface area contributed by atoms with Crippen LogP contribution in [0.15, 0.2) is 34.1 Å². The zero-order valence-electron chi connectivity index (χ0n) is 15.4. The number of unbranched alkanes of at least 4 members (excludes halogenated alkanes) is 9. The molecule has 1 nitrogen and oxygen atoms in total. The summed E-state index contributed by atoms with van der Waals surface area (Å²) in [5.74, 6) is 0. The van der Waals surface area contributed by atoms with Crippen LogP contribution in [0.1, 0.15) is 71.1 Å². The third-order valence-electron chi connectivity index (χ3n) is 5.17. The van der Waals surface area contributed by atoms with Gasteiger partial charge in [0.2, 0.25) is 0 Å². The number of aryl methyl sites for hydroxylation is 1. The molecule has 0 saturated carbocycles. The van der Waals surface area contributed by atoms with Gasteiger partial charge in [-0.1, -0.05) is 86.7 Å². The number of hydrogen-bond donors (Lipinski definition) is 0. The molecule has 0 N–H and O–H groups in total. The van der Waals surface area contributed by atoms with Crippen LogP contribution in [0, 0.1) is 0 Å². The number of halogens is 1. The summed E-state index contributed by atoms with van der Waals surface area (Å²) >= 11 is 5.50. The summed E-state index contributed by atoms with van der Waals surface area (Å²) in [6.07, 6.45) is 14.0. The Kier molecular flexibility index (Phi) is 7.42. The van der Waals surface area contributed by atoms with Crippen molar-refractivity contribution >= 4 is 48.4 Å². The first-order chi connectivity index (χ1) is 12.3. The minimum Gasteiger partial charge on any atom is -0.340 e. The lowest BCUT2D eigenvalue weighted by Crippen LogP contribution is -1.97. The molecule has 136 valence electrons. The second-order valence-corrected chi connectivity index (χ2v) is 8.96. The molecule has 0 amide bonds. The van der Waals surface area contributed by atoms with E-state index >= 15 is 0 Å². The van der Waals surface area contributed by atoms with Gasteiger partial charge in [0.25, 0.3) is 0 Å². The van der Waals surface area contributed by atoms with E-state index in [1.807, 2.05) is 11.3 Å². The topological polar surface area (TPSA) is 4.93 Å². The zero-order chi connectivity index (χ0) is 17.5. The Balaban J connectivity index is 1.47. The van der Waals surface area contributed by atoms with E-state index in [0.29, 0.717) is 0 Å². The second kappa shape index (κ2) is 9.78. The van der Waals surface area contributed by atoms with Gasteiger partial charge in [-0.2, -0.15) is 0 Å². The molecule has 0 unspecified atom stereocenters. The summed E-state index contributed by atoms with van der Waals surface area (Å²) in [7, 11) is 0. The number of nitrogens with zero attached hydrogens (tertiary/aromatic N) is 1. The van der Waals surface area contributed by atoms with Crippen molar-refractivity contribution in [3.05, 3.63) is 34.1 Å². The molecule has 0 atom stereocenters. The second-order valence-electron chi connectivity index (χ2n) is 7.13. The molecule has 2 heterocycles. The van der Waals surface area contributed by atoms with Gasteiger partial charge in [0.1, 0.15) is 0 Å².